The van der Waals surface area contributed by atoms with E-state index >= 15 is 0 Å². The van der Waals surface area contributed by atoms with E-state index in [9.17, 15) is 8.22 Å². The third-order valence-corrected chi connectivity index (χ3v) is 8.84. The minimum atomic E-state index is -0.733. The first-order valence-corrected chi connectivity index (χ1v) is 15.9. The Bertz CT molecular complexity index is 3900. The maximum absolute atomic E-state index is 9.60. The first-order chi connectivity index (χ1) is 33.6. The second-order valence-electron chi connectivity index (χ2n) is 11.7. The molecule has 238 valence electrons. The molecule has 51 heavy (non-hydrogen) atoms. The maximum atomic E-state index is 9.60. The largest absolute Gasteiger partial charge is 0.456 e. The topological polar surface area (TPSA) is 13.1 Å². The molecule has 0 aliphatic carbocycles. The Kier molecular flexibility index (Phi) is 3.64. The van der Waals surface area contributed by atoms with Gasteiger partial charge in [-0.2, -0.15) is 0 Å². The summed E-state index contributed by atoms with van der Waals surface area (Å²) in [6, 6.07) is 8.22. The highest BCUT2D eigenvalue weighted by molar-refractivity contribution is 6.25. The second-order valence-corrected chi connectivity index (χ2v) is 11.7. The number of hydrogen-bond donors (Lipinski definition) is 0. The summed E-state index contributed by atoms with van der Waals surface area (Å²) in [6.07, 6.45) is 0. The number of fused-ring (bicyclic) bond motifs is 5. The third kappa shape index (κ3) is 4.94. The van der Waals surface area contributed by atoms with Gasteiger partial charge >= 0.3 is 0 Å². The summed E-state index contributed by atoms with van der Waals surface area (Å²) >= 11 is 0. The van der Waals surface area contributed by atoms with Gasteiger partial charge in [-0.1, -0.05) is 176 Å². The second kappa shape index (κ2) is 12.0. The van der Waals surface area contributed by atoms with Crippen molar-refractivity contribution >= 4 is 43.5 Å². The Balaban J connectivity index is 1.26. The fourth-order valence-corrected chi connectivity index (χ4v) is 6.59. The van der Waals surface area contributed by atoms with Gasteiger partial charge < -0.3 is 4.42 Å². The lowest BCUT2D eigenvalue weighted by Crippen LogP contribution is -1.91. The van der Waals surface area contributed by atoms with Crippen LogP contribution in [0.25, 0.3) is 99.1 Å². The summed E-state index contributed by atoms with van der Waals surface area (Å²) in [5.74, 6) is 0. The van der Waals surface area contributed by atoms with Crippen LogP contribution in [0.4, 0.5) is 0 Å². The Morgan fingerprint density at radius 1 is 0.333 bits per heavy atom. The molecular formula is C50H32O. The van der Waals surface area contributed by atoms with Crippen LogP contribution in [-0.2, 0) is 0 Å². The summed E-state index contributed by atoms with van der Waals surface area (Å²) in [7, 11) is 0. The zero-order valence-corrected chi connectivity index (χ0v) is 26.3. The molecule has 1 heterocycles. The SMILES string of the molecule is [2H]c1c([2H])c([2H])c(-c2ccc(-c3c([2H])c([2H])c(-c4c5ccccc5c(-c5c([2H])c([2H])c([2H])c6oc7c([2H])c([2H])c(-c8c([2H])c([2H])c([2H])c([2H])c8[2H])c([2H])c7c56)c5ccccc45)c([2H])c3[2H])cc2)c([2H])c1[2H]. The molecule has 0 saturated heterocycles. The van der Waals surface area contributed by atoms with Crippen molar-refractivity contribution in [2.75, 3.05) is 0 Å². The summed E-state index contributed by atoms with van der Waals surface area (Å²) in [4.78, 5) is 0. The van der Waals surface area contributed by atoms with E-state index in [1.165, 1.54) is 24.3 Å². The Morgan fingerprint density at radius 2 is 0.824 bits per heavy atom. The fraction of sp³-hybridized carbons (Fsp3) is 0. The molecule has 0 saturated carbocycles. The van der Waals surface area contributed by atoms with Gasteiger partial charge in [0.2, 0.25) is 0 Å². The van der Waals surface area contributed by atoms with Crippen molar-refractivity contribution in [1.82, 2.24) is 0 Å². The first-order valence-electron chi connectivity index (χ1n) is 25.9. The molecule has 9 aromatic carbocycles. The van der Waals surface area contributed by atoms with E-state index in [0.29, 0.717) is 21.5 Å². The zero-order chi connectivity index (χ0) is 51.1. The van der Waals surface area contributed by atoms with Gasteiger partial charge in [0.05, 0.1) is 27.4 Å². The van der Waals surface area contributed by atoms with Crippen LogP contribution in [0.2, 0.25) is 0 Å². The summed E-state index contributed by atoms with van der Waals surface area (Å²) in [5, 5.41) is 1.18. The number of benzene rings is 9. The third-order valence-electron chi connectivity index (χ3n) is 8.84. The summed E-state index contributed by atoms with van der Waals surface area (Å²) in [5.41, 5.74) is -0.835. The molecule has 0 atom stereocenters. The average Bonchev–Trinajstić information content (AvgIpc) is 3.77. The highest BCUT2D eigenvalue weighted by Gasteiger charge is 2.20. The normalized spacial score (nSPS) is 17.0. The van der Waals surface area contributed by atoms with Gasteiger partial charge in [-0.25, -0.2) is 0 Å². The van der Waals surface area contributed by atoms with Gasteiger partial charge in [0, 0.05) is 10.8 Å². The lowest BCUT2D eigenvalue weighted by molar-refractivity contribution is 0.669. The van der Waals surface area contributed by atoms with Gasteiger partial charge in [-0.3, -0.25) is 0 Å². The van der Waals surface area contributed by atoms with Crippen molar-refractivity contribution in [3.63, 3.8) is 0 Å². The number of rotatable bonds is 5. The van der Waals surface area contributed by atoms with E-state index in [1.807, 2.05) is 0 Å². The smallest absolute Gasteiger partial charge is 0.136 e. The quantitative estimate of drug-likeness (QED) is 0.166. The molecule has 1 heteroatoms. The fourth-order valence-electron chi connectivity index (χ4n) is 6.59. The molecule has 0 spiro atoms. The van der Waals surface area contributed by atoms with E-state index < -0.39 is 132 Å². The van der Waals surface area contributed by atoms with Crippen LogP contribution in [0.1, 0.15) is 27.4 Å². The molecule has 10 rings (SSSR count). The van der Waals surface area contributed by atoms with Crippen LogP contribution < -0.4 is 0 Å². The molecule has 0 fully saturated rings. The Hall–Kier alpha value is -6.70. The van der Waals surface area contributed by atoms with Gasteiger partial charge in [-0.05, 0) is 95.3 Å². The predicted molar refractivity (Wildman–Crippen MR) is 216 cm³/mol. The van der Waals surface area contributed by atoms with Crippen LogP contribution in [0, 0.1) is 0 Å². The van der Waals surface area contributed by atoms with Crippen molar-refractivity contribution in [1.29, 1.82) is 0 Å². The average molecular weight is 669 g/mol. The highest BCUT2D eigenvalue weighted by atomic mass is 16.3. The minimum absolute atomic E-state index is 0.0432. The van der Waals surface area contributed by atoms with Crippen molar-refractivity contribution in [3.8, 4) is 55.6 Å². The Morgan fingerprint density at radius 3 is 1.41 bits per heavy atom. The maximum Gasteiger partial charge on any atom is 0.136 e. The molecule has 0 aliphatic rings. The van der Waals surface area contributed by atoms with Crippen LogP contribution in [0.3, 0.4) is 0 Å². The van der Waals surface area contributed by atoms with Crippen LogP contribution in [0.5, 0.6) is 0 Å². The molecule has 0 N–H and O–H groups in total. The predicted octanol–water partition coefficient (Wildman–Crippen LogP) is 14.2. The molecule has 0 aliphatic heterocycles. The highest BCUT2D eigenvalue weighted by Crippen LogP contribution is 2.47. The summed E-state index contributed by atoms with van der Waals surface area (Å²) < 4.78 is 182. The number of hydrogen-bond acceptors (Lipinski definition) is 1. The van der Waals surface area contributed by atoms with Crippen LogP contribution in [0.15, 0.2) is 198 Å². The molecule has 0 radical (unpaired) electrons. The van der Waals surface area contributed by atoms with Gasteiger partial charge in [0.1, 0.15) is 11.2 Å². The lowest BCUT2D eigenvalue weighted by atomic mass is 9.84. The van der Waals surface area contributed by atoms with E-state index in [4.69, 9.17) is 23.6 Å². The number of furan rings is 1. The molecule has 0 unspecified atom stereocenters. The van der Waals surface area contributed by atoms with E-state index in [0.717, 1.165) is 0 Å². The minimum Gasteiger partial charge on any atom is -0.456 e. The molecule has 0 amide bonds. The first kappa shape index (κ1) is 15.5. The van der Waals surface area contributed by atoms with Crippen molar-refractivity contribution in [3.05, 3.63) is 194 Å². The van der Waals surface area contributed by atoms with Crippen molar-refractivity contribution < 1.29 is 31.8 Å². The molecule has 1 aromatic heterocycles. The molecule has 1 nitrogen and oxygen atoms in total. The molecule has 0 bridgehead atoms. The Labute approximate surface area is 324 Å². The van der Waals surface area contributed by atoms with Crippen molar-refractivity contribution in [2.24, 2.45) is 0 Å². The summed E-state index contributed by atoms with van der Waals surface area (Å²) in [6.45, 7) is 0. The zero-order valence-electron chi connectivity index (χ0n) is 46.3. The van der Waals surface area contributed by atoms with E-state index in [-0.39, 0.29) is 66.4 Å². The molecular weight excluding hydrogens is 617 g/mol. The lowest BCUT2D eigenvalue weighted by Gasteiger charge is -2.18. The van der Waals surface area contributed by atoms with Gasteiger partial charge in [-0.15, -0.1) is 0 Å². The standard InChI is InChI=1S/C50H32O/c1-3-12-33(13-4-1)35-22-24-36(25-23-35)37-26-28-38(29-27-37)48-40-16-7-9-18-42(40)49(43-19-10-8-17-41(43)48)44-20-11-21-47-50(44)45-32-39(30-31-46(45)51-47)34-14-5-2-6-15-34/h1-32H/i1D,2D,3D,4D,5D,6D,11D,12D,13D,14D,15D,20D,21D,26D,27D,28D,29D,30D,31D,32D. The molecule has 10 aromatic rings. The van der Waals surface area contributed by atoms with Crippen molar-refractivity contribution in [2.45, 2.75) is 0 Å². The van der Waals surface area contributed by atoms with Gasteiger partial charge in [0.25, 0.3) is 0 Å². The van der Waals surface area contributed by atoms with E-state index in [2.05, 4.69) is 0 Å². The monoisotopic (exact) mass is 668 g/mol. The van der Waals surface area contributed by atoms with Gasteiger partial charge in [0.15, 0.2) is 0 Å². The van der Waals surface area contributed by atoms with Crippen LogP contribution >= 0.6 is 0 Å². The van der Waals surface area contributed by atoms with E-state index in [1.54, 1.807) is 48.5 Å². The van der Waals surface area contributed by atoms with Crippen LogP contribution in [-0.4, -0.2) is 0 Å².